The van der Waals surface area contributed by atoms with E-state index >= 15 is 0 Å². The number of hydrogen-bond acceptors (Lipinski definition) is 3. The summed E-state index contributed by atoms with van der Waals surface area (Å²) in [4.78, 5) is 24.5. The lowest BCUT2D eigenvalue weighted by molar-refractivity contribution is -0.132. The molecule has 26 heavy (non-hydrogen) atoms. The van der Waals surface area contributed by atoms with Gasteiger partial charge in [-0.05, 0) is 26.1 Å². The third kappa shape index (κ3) is 6.65. The molecule has 1 N–H and O–H groups in total. The van der Waals surface area contributed by atoms with Crippen LogP contribution in [0.25, 0.3) is 0 Å². The number of carbonyl (C=O) groups excluding carboxylic acids is 1. The Bertz CT molecular complexity index is 709. The van der Waals surface area contributed by atoms with Gasteiger partial charge in [0, 0.05) is 11.1 Å². The second-order valence-electron chi connectivity index (χ2n) is 6.17. The first kappa shape index (κ1) is 21.3. The van der Waals surface area contributed by atoms with Crippen molar-refractivity contribution in [3.05, 3.63) is 83.9 Å². The lowest BCUT2D eigenvalue weighted by atomic mass is 9.97. The molecule has 2 rings (SSSR count). The Morgan fingerprint density at radius 1 is 1.00 bits per heavy atom. The predicted molar refractivity (Wildman–Crippen MR) is 105 cm³/mol. The maximum atomic E-state index is 12.5. The number of nitrogens with zero attached hydrogens (tertiary/aromatic N) is 1. The van der Waals surface area contributed by atoms with Crippen LogP contribution in [-0.2, 0) is 4.79 Å². The van der Waals surface area contributed by atoms with Gasteiger partial charge in [-0.3, -0.25) is 9.69 Å². The van der Waals surface area contributed by atoms with Crippen LogP contribution in [0.1, 0.15) is 41.7 Å². The van der Waals surface area contributed by atoms with E-state index < -0.39 is 5.97 Å². The van der Waals surface area contributed by atoms with Crippen molar-refractivity contribution >= 4 is 11.8 Å². The van der Waals surface area contributed by atoms with Crippen molar-refractivity contribution in [2.24, 2.45) is 0 Å². The van der Waals surface area contributed by atoms with Gasteiger partial charge in [-0.2, -0.15) is 0 Å². The summed E-state index contributed by atoms with van der Waals surface area (Å²) in [5.74, 6) is -0.751. The zero-order valence-corrected chi connectivity index (χ0v) is 15.7. The largest absolute Gasteiger partial charge is 0.478 e. The van der Waals surface area contributed by atoms with Crippen LogP contribution in [-0.4, -0.2) is 35.9 Å². The number of Topliss-reactive ketones (excluding diaryl/α,β-unsaturated/α-hetero) is 1. The number of rotatable bonds is 7. The zero-order chi connectivity index (χ0) is 19.5. The van der Waals surface area contributed by atoms with Crippen LogP contribution in [0.15, 0.2) is 72.8 Å². The molecule has 0 aliphatic heterocycles. The Balaban J connectivity index is 0.000000359. The standard InChI is InChI=1S/C16H17NO.C6H10O2/c1-17(2)15(13-9-5-3-6-10-13)16(18)14-11-7-4-8-12-14;1-3-4-5(2)6(7)8/h3-12,15H,1-2H3;2-4H2,1H3,(H,7,8). The molecule has 0 heterocycles. The molecular formula is C22H27NO3. The SMILES string of the molecule is C=C(CCC)C(=O)O.CN(C)C(C(=O)c1ccccc1)c1ccccc1. The summed E-state index contributed by atoms with van der Waals surface area (Å²) in [5.41, 5.74) is 2.07. The summed E-state index contributed by atoms with van der Waals surface area (Å²) in [7, 11) is 3.86. The fraction of sp³-hybridized carbons (Fsp3) is 0.273. The van der Waals surface area contributed by atoms with Gasteiger partial charge >= 0.3 is 5.97 Å². The molecule has 0 amide bonds. The number of aliphatic carboxylic acids is 1. The molecule has 1 unspecified atom stereocenters. The van der Waals surface area contributed by atoms with Crippen LogP contribution in [0.4, 0.5) is 0 Å². The third-order valence-electron chi connectivity index (χ3n) is 3.79. The molecule has 4 heteroatoms. The maximum absolute atomic E-state index is 12.5. The number of carboxylic acid groups (broad SMARTS) is 1. The fourth-order valence-electron chi connectivity index (χ4n) is 2.49. The van der Waals surface area contributed by atoms with Crippen molar-refractivity contribution in [3.8, 4) is 0 Å². The Kier molecular flexibility index (Phi) is 9.02. The van der Waals surface area contributed by atoms with Crippen LogP contribution < -0.4 is 0 Å². The number of carbonyl (C=O) groups is 2. The molecule has 1 atom stereocenters. The van der Waals surface area contributed by atoms with Crippen LogP contribution >= 0.6 is 0 Å². The van der Waals surface area contributed by atoms with E-state index in [2.05, 4.69) is 6.58 Å². The first-order chi connectivity index (χ1) is 12.4. The van der Waals surface area contributed by atoms with E-state index in [1.807, 2.05) is 86.6 Å². The highest BCUT2D eigenvalue weighted by molar-refractivity contribution is 6.00. The molecule has 0 aromatic heterocycles. The summed E-state index contributed by atoms with van der Waals surface area (Å²) >= 11 is 0. The van der Waals surface area contributed by atoms with E-state index in [-0.39, 0.29) is 11.8 Å². The van der Waals surface area contributed by atoms with Gasteiger partial charge in [0.05, 0.1) is 6.04 Å². The summed E-state index contributed by atoms with van der Waals surface area (Å²) in [5, 5.41) is 8.21. The molecule has 0 fully saturated rings. The van der Waals surface area contributed by atoms with E-state index in [0.29, 0.717) is 12.0 Å². The maximum Gasteiger partial charge on any atom is 0.330 e. The summed E-state index contributed by atoms with van der Waals surface area (Å²) in [6.07, 6.45) is 1.44. The Morgan fingerprint density at radius 3 is 1.88 bits per heavy atom. The van der Waals surface area contributed by atoms with E-state index in [1.54, 1.807) is 0 Å². The fourth-order valence-corrected chi connectivity index (χ4v) is 2.49. The van der Waals surface area contributed by atoms with Crippen LogP contribution in [0, 0.1) is 0 Å². The monoisotopic (exact) mass is 353 g/mol. The van der Waals surface area contributed by atoms with Crippen molar-refractivity contribution in [3.63, 3.8) is 0 Å². The molecule has 0 bridgehead atoms. The normalized spacial score (nSPS) is 11.2. The number of hydrogen-bond donors (Lipinski definition) is 1. The number of likely N-dealkylation sites (N-methyl/N-ethyl adjacent to an activating group) is 1. The summed E-state index contributed by atoms with van der Waals surface area (Å²) in [6, 6.07) is 19.1. The van der Waals surface area contributed by atoms with Gasteiger partial charge in [0.1, 0.15) is 0 Å². The highest BCUT2D eigenvalue weighted by atomic mass is 16.4. The molecule has 0 aliphatic rings. The highest BCUT2D eigenvalue weighted by Crippen LogP contribution is 2.22. The van der Waals surface area contributed by atoms with Gasteiger partial charge in [-0.25, -0.2) is 4.79 Å². The van der Waals surface area contributed by atoms with Crippen molar-refractivity contribution in [2.75, 3.05) is 14.1 Å². The molecule has 138 valence electrons. The van der Waals surface area contributed by atoms with Crippen molar-refractivity contribution in [1.29, 1.82) is 0 Å². The van der Waals surface area contributed by atoms with Gasteiger partial charge in [-0.1, -0.05) is 80.6 Å². The minimum Gasteiger partial charge on any atom is -0.478 e. The minimum absolute atomic E-state index is 0.131. The van der Waals surface area contributed by atoms with E-state index in [9.17, 15) is 9.59 Å². The summed E-state index contributed by atoms with van der Waals surface area (Å²) in [6.45, 7) is 5.27. The predicted octanol–water partition coefficient (Wildman–Crippen LogP) is 4.60. The smallest absolute Gasteiger partial charge is 0.330 e. The van der Waals surface area contributed by atoms with Gasteiger partial charge in [0.25, 0.3) is 0 Å². The second-order valence-corrected chi connectivity index (χ2v) is 6.17. The molecule has 0 radical (unpaired) electrons. The molecule has 2 aromatic carbocycles. The first-order valence-electron chi connectivity index (χ1n) is 8.60. The number of benzene rings is 2. The number of ketones is 1. The average molecular weight is 353 g/mol. The molecule has 2 aromatic rings. The van der Waals surface area contributed by atoms with Crippen molar-refractivity contribution in [1.82, 2.24) is 4.90 Å². The van der Waals surface area contributed by atoms with Gasteiger partial charge in [0.2, 0.25) is 0 Å². The highest BCUT2D eigenvalue weighted by Gasteiger charge is 2.23. The van der Waals surface area contributed by atoms with Gasteiger partial charge in [0.15, 0.2) is 5.78 Å². The molecule has 0 saturated heterocycles. The Morgan fingerprint density at radius 2 is 1.50 bits per heavy atom. The molecule has 0 spiro atoms. The molecule has 4 nitrogen and oxygen atoms in total. The topological polar surface area (TPSA) is 57.6 Å². The minimum atomic E-state index is -0.883. The Hall–Kier alpha value is -2.72. The quantitative estimate of drug-likeness (QED) is 0.584. The lowest BCUT2D eigenvalue weighted by Gasteiger charge is -2.23. The number of carboxylic acids is 1. The van der Waals surface area contributed by atoms with E-state index in [4.69, 9.17) is 5.11 Å². The third-order valence-corrected chi connectivity index (χ3v) is 3.79. The molecule has 0 saturated carbocycles. The summed E-state index contributed by atoms with van der Waals surface area (Å²) < 4.78 is 0. The zero-order valence-electron chi connectivity index (χ0n) is 15.7. The van der Waals surface area contributed by atoms with Gasteiger partial charge < -0.3 is 5.11 Å². The van der Waals surface area contributed by atoms with E-state index in [1.165, 1.54) is 0 Å². The first-order valence-corrected chi connectivity index (χ1v) is 8.60. The average Bonchev–Trinajstić information content (AvgIpc) is 2.64. The second kappa shape index (κ2) is 11.0. The molecule has 0 aliphatic carbocycles. The van der Waals surface area contributed by atoms with Crippen molar-refractivity contribution < 1.29 is 14.7 Å². The van der Waals surface area contributed by atoms with Crippen molar-refractivity contribution in [2.45, 2.75) is 25.8 Å². The van der Waals surface area contributed by atoms with E-state index in [0.717, 1.165) is 17.5 Å². The Labute approximate surface area is 155 Å². The van der Waals surface area contributed by atoms with Crippen LogP contribution in [0.5, 0.6) is 0 Å². The van der Waals surface area contributed by atoms with Crippen LogP contribution in [0.2, 0.25) is 0 Å². The van der Waals surface area contributed by atoms with Crippen LogP contribution in [0.3, 0.4) is 0 Å². The van der Waals surface area contributed by atoms with Gasteiger partial charge in [-0.15, -0.1) is 0 Å². The lowest BCUT2D eigenvalue weighted by Crippen LogP contribution is -2.27. The molecular weight excluding hydrogens is 326 g/mol.